The van der Waals surface area contributed by atoms with Crippen molar-refractivity contribution in [3.63, 3.8) is 0 Å². The van der Waals surface area contributed by atoms with Crippen molar-refractivity contribution >= 4 is 0 Å². The molecule has 0 aromatic heterocycles. The fourth-order valence-corrected chi connectivity index (χ4v) is 3.02. The van der Waals surface area contributed by atoms with E-state index in [9.17, 15) is 5.11 Å². The molecular formula is C13H23NO. The maximum absolute atomic E-state index is 9.51. The molecule has 5 atom stereocenters. The quantitative estimate of drug-likeness (QED) is 0.678. The molecule has 2 bridgehead atoms. The molecule has 2 rings (SSSR count). The lowest BCUT2D eigenvalue weighted by Gasteiger charge is -2.27. The van der Waals surface area contributed by atoms with Gasteiger partial charge in [-0.25, -0.2) is 0 Å². The van der Waals surface area contributed by atoms with Crippen LogP contribution in [0.1, 0.15) is 33.1 Å². The van der Waals surface area contributed by atoms with Gasteiger partial charge in [0.1, 0.15) is 0 Å². The van der Waals surface area contributed by atoms with Crippen LogP contribution in [0.15, 0.2) is 12.2 Å². The highest BCUT2D eigenvalue weighted by molar-refractivity contribution is 5.11. The minimum atomic E-state index is -0.179. The van der Waals surface area contributed by atoms with E-state index in [1.54, 1.807) is 0 Å². The molecule has 86 valence electrons. The predicted octanol–water partition coefficient (Wildman–Crippen LogP) is 1.95. The first-order valence-electron chi connectivity index (χ1n) is 6.30. The van der Waals surface area contributed by atoms with E-state index in [0.717, 1.165) is 30.7 Å². The van der Waals surface area contributed by atoms with Gasteiger partial charge in [-0.15, -0.1) is 0 Å². The minimum absolute atomic E-state index is 0.179. The third kappa shape index (κ3) is 2.43. The highest BCUT2D eigenvalue weighted by Crippen LogP contribution is 2.44. The lowest BCUT2D eigenvalue weighted by atomic mass is 9.87. The topological polar surface area (TPSA) is 32.3 Å². The standard InChI is InChI=1S/C13H23NO/c1-3-12(15)8-14-9(2)13-7-10-4-5-11(13)6-10/h4-5,9-15H,3,6-8H2,1-2H3. The first-order chi connectivity index (χ1) is 7.20. The Kier molecular flexibility index (Phi) is 3.47. The van der Waals surface area contributed by atoms with Gasteiger partial charge < -0.3 is 10.4 Å². The molecule has 2 N–H and O–H groups in total. The van der Waals surface area contributed by atoms with Crippen molar-refractivity contribution in [1.82, 2.24) is 5.32 Å². The zero-order valence-electron chi connectivity index (χ0n) is 9.82. The van der Waals surface area contributed by atoms with Crippen molar-refractivity contribution in [2.75, 3.05) is 6.54 Å². The molecule has 1 fully saturated rings. The van der Waals surface area contributed by atoms with Gasteiger partial charge in [0.25, 0.3) is 0 Å². The van der Waals surface area contributed by atoms with Gasteiger partial charge in [-0.3, -0.25) is 0 Å². The Morgan fingerprint density at radius 2 is 2.20 bits per heavy atom. The second-order valence-electron chi connectivity index (χ2n) is 5.20. The van der Waals surface area contributed by atoms with Gasteiger partial charge >= 0.3 is 0 Å². The van der Waals surface area contributed by atoms with Gasteiger partial charge in [0, 0.05) is 12.6 Å². The zero-order valence-corrected chi connectivity index (χ0v) is 9.82. The van der Waals surface area contributed by atoms with Crippen LogP contribution < -0.4 is 5.32 Å². The summed E-state index contributed by atoms with van der Waals surface area (Å²) in [5.41, 5.74) is 0. The van der Waals surface area contributed by atoms with Crippen molar-refractivity contribution in [3.05, 3.63) is 12.2 Å². The number of hydrogen-bond acceptors (Lipinski definition) is 2. The Labute approximate surface area is 92.8 Å². The van der Waals surface area contributed by atoms with Crippen molar-refractivity contribution in [3.8, 4) is 0 Å². The molecule has 2 heteroatoms. The van der Waals surface area contributed by atoms with E-state index in [-0.39, 0.29) is 6.10 Å². The molecule has 0 aromatic rings. The third-order valence-electron chi connectivity index (χ3n) is 4.12. The van der Waals surface area contributed by atoms with Crippen molar-refractivity contribution < 1.29 is 5.11 Å². The number of fused-ring (bicyclic) bond motifs is 2. The summed E-state index contributed by atoms with van der Waals surface area (Å²) in [6.07, 6.45) is 8.16. The summed E-state index contributed by atoms with van der Waals surface area (Å²) in [5, 5.41) is 13.0. The molecule has 0 saturated heterocycles. The van der Waals surface area contributed by atoms with Crippen molar-refractivity contribution in [2.45, 2.75) is 45.3 Å². The fourth-order valence-electron chi connectivity index (χ4n) is 3.02. The molecule has 5 unspecified atom stereocenters. The summed E-state index contributed by atoms with van der Waals surface area (Å²) in [4.78, 5) is 0. The van der Waals surface area contributed by atoms with E-state index in [2.05, 4.69) is 24.4 Å². The smallest absolute Gasteiger partial charge is 0.0662 e. The van der Waals surface area contributed by atoms with Crippen LogP contribution in [0.4, 0.5) is 0 Å². The molecule has 0 aromatic carbocycles. The van der Waals surface area contributed by atoms with E-state index < -0.39 is 0 Å². The molecule has 0 radical (unpaired) electrons. The Morgan fingerprint density at radius 1 is 1.40 bits per heavy atom. The Bertz CT molecular complexity index is 239. The van der Waals surface area contributed by atoms with Crippen LogP contribution in [0.3, 0.4) is 0 Å². The molecule has 2 aliphatic carbocycles. The summed E-state index contributed by atoms with van der Waals surface area (Å²) in [5.74, 6) is 2.45. The Morgan fingerprint density at radius 3 is 2.73 bits per heavy atom. The van der Waals surface area contributed by atoms with Crippen LogP contribution in [-0.4, -0.2) is 23.8 Å². The van der Waals surface area contributed by atoms with Crippen LogP contribution in [0.25, 0.3) is 0 Å². The van der Waals surface area contributed by atoms with Crippen LogP contribution in [0.2, 0.25) is 0 Å². The number of aliphatic hydroxyl groups excluding tert-OH is 1. The molecule has 2 aliphatic rings. The second-order valence-corrected chi connectivity index (χ2v) is 5.20. The van der Waals surface area contributed by atoms with Gasteiger partial charge in [0.15, 0.2) is 0 Å². The Balaban J connectivity index is 1.77. The lowest BCUT2D eigenvalue weighted by molar-refractivity contribution is 0.157. The van der Waals surface area contributed by atoms with E-state index in [4.69, 9.17) is 0 Å². The molecule has 15 heavy (non-hydrogen) atoms. The number of nitrogens with one attached hydrogen (secondary N) is 1. The molecule has 1 saturated carbocycles. The molecule has 0 heterocycles. The maximum atomic E-state index is 9.51. The van der Waals surface area contributed by atoms with Gasteiger partial charge in [-0.05, 0) is 43.9 Å². The van der Waals surface area contributed by atoms with Crippen molar-refractivity contribution in [2.24, 2.45) is 17.8 Å². The largest absolute Gasteiger partial charge is 0.392 e. The normalized spacial score (nSPS) is 37.1. The number of aliphatic hydroxyl groups is 1. The average molecular weight is 209 g/mol. The van der Waals surface area contributed by atoms with Crippen LogP contribution in [0, 0.1) is 17.8 Å². The van der Waals surface area contributed by atoms with Gasteiger partial charge in [0.05, 0.1) is 6.10 Å². The second kappa shape index (κ2) is 4.67. The van der Waals surface area contributed by atoms with Crippen LogP contribution in [0.5, 0.6) is 0 Å². The highest BCUT2D eigenvalue weighted by atomic mass is 16.3. The maximum Gasteiger partial charge on any atom is 0.0662 e. The summed E-state index contributed by atoms with van der Waals surface area (Å²) in [7, 11) is 0. The molecule has 0 aliphatic heterocycles. The minimum Gasteiger partial charge on any atom is -0.392 e. The number of allylic oxidation sites excluding steroid dienone is 2. The fraction of sp³-hybridized carbons (Fsp3) is 0.846. The van der Waals surface area contributed by atoms with Gasteiger partial charge in [-0.2, -0.15) is 0 Å². The van der Waals surface area contributed by atoms with Crippen LogP contribution in [-0.2, 0) is 0 Å². The van der Waals surface area contributed by atoms with E-state index in [0.29, 0.717) is 6.04 Å². The SMILES string of the molecule is CCC(O)CNC(C)C1CC2C=CC1C2. The van der Waals surface area contributed by atoms with E-state index in [1.807, 2.05) is 6.92 Å². The van der Waals surface area contributed by atoms with Gasteiger partial charge in [0.2, 0.25) is 0 Å². The summed E-state index contributed by atoms with van der Waals surface area (Å²) >= 11 is 0. The highest BCUT2D eigenvalue weighted by Gasteiger charge is 2.38. The van der Waals surface area contributed by atoms with Gasteiger partial charge in [-0.1, -0.05) is 19.1 Å². The average Bonchev–Trinajstić information content (AvgIpc) is 2.86. The summed E-state index contributed by atoms with van der Waals surface area (Å²) in [6, 6.07) is 0.547. The zero-order chi connectivity index (χ0) is 10.8. The number of hydrogen-bond donors (Lipinski definition) is 2. The molecule has 0 amide bonds. The number of rotatable bonds is 5. The molecule has 0 spiro atoms. The van der Waals surface area contributed by atoms with E-state index in [1.165, 1.54) is 12.8 Å². The Hall–Kier alpha value is -0.340. The first-order valence-corrected chi connectivity index (χ1v) is 6.30. The third-order valence-corrected chi connectivity index (χ3v) is 4.12. The van der Waals surface area contributed by atoms with E-state index >= 15 is 0 Å². The molecular weight excluding hydrogens is 186 g/mol. The van der Waals surface area contributed by atoms with Crippen LogP contribution >= 0.6 is 0 Å². The lowest BCUT2D eigenvalue weighted by Crippen LogP contribution is -2.39. The predicted molar refractivity (Wildman–Crippen MR) is 62.6 cm³/mol. The summed E-state index contributed by atoms with van der Waals surface area (Å²) in [6.45, 7) is 5.04. The summed E-state index contributed by atoms with van der Waals surface area (Å²) < 4.78 is 0. The van der Waals surface area contributed by atoms with Crippen molar-refractivity contribution in [1.29, 1.82) is 0 Å². The molecule has 2 nitrogen and oxygen atoms in total. The first kappa shape index (κ1) is 11.2. The monoisotopic (exact) mass is 209 g/mol.